The molecular weight excluding hydrogens is 542 g/mol. The second-order valence-corrected chi connectivity index (χ2v) is 13.2. The van der Waals surface area contributed by atoms with E-state index < -0.39 is 6.10 Å². The van der Waals surface area contributed by atoms with Gasteiger partial charge in [0.2, 0.25) is 0 Å². The van der Waals surface area contributed by atoms with Gasteiger partial charge in [-0.15, -0.1) is 0 Å². The number of hydrogen-bond donors (Lipinski definition) is 2. The molecule has 2 unspecified atom stereocenters. The molecule has 0 radical (unpaired) electrons. The second kappa shape index (κ2) is 22.1. The first-order valence-corrected chi connectivity index (χ1v) is 17.5. The van der Waals surface area contributed by atoms with Crippen molar-refractivity contribution in [1.82, 2.24) is 0 Å². The molecule has 1 aliphatic carbocycles. The van der Waals surface area contributed by atoms with Crippen LogP contribution in [0.2, 0.25) is 0 Å². The van der Waals surface area contributed by atoms with Crippen molar-refractivity contribution in [3.63, 3.8) is 0 Å². The normalized spacial score (nSPS) is 20.2. The highest BCUT2D eigenvalue weighted by Crippen LogP contribution is 2.30. The lowest BCUT2D eigenvalue weighted by Crippen LogP contribution is -2.21. The Morgan fingerprint density at radius 1 is 1.02 bits per heavy atom. The van der Waals surface area contributed by atoms with E-state index in [1.807, 2.05) is 21.0 Å². The fourth-order valence-electron chi connectivity index (χ4n) is 6.13. The molecule has 5 atom stereocenters. The number of aliphatic hydroxyl groups is 1. The van der Waals surface area contributed by atoms with E-state index in [0.717, 1.165) is 49.3 Å². The predicted octanol–water partition coefficient (Wildman–Crippen LogP) is 10.5. The van der Waals surface area contributed by atoms with Gasteiger partial charge in [-0.25, -0.2) is 0 Å². The molecule has 246 valence electrons. The minimum Gasteiger partial charge on any atom is -0.388 e. The third-order valence-electron chi connectivity index (χ3n) is 9.40. The molecule has 1 aromatic carbocycles. The second-order valence-electron chi connectivity index (χ2n) is 13.2. The van der Waals surface area contributed by atoms with E-state index in [1.54, 1.807) is 0 Å². The van der Waals surface area contributed by atoms with E-state index in [2.05, 4.69) is 86.8 Å². The van der Waals surface area contributed by atoms with Crippen molar-refractivity contribution >= 4 is 11.5 Å². The quantitative estimate of drug-likeness (QED) is 0.0831. The fourth-order valence-corrected chi connectivity index (χ4v) is 6.13. The van der Waals surface area contributed by atoms with E-state index in [0.29, 0.717) is 12.1 Å². The Morgan fingerprint density at radius 2 is 1.77 bits per heavy atom. The molecule has 0 aliphatic heterocycles. The number of anilines is 1. The SMILES string of the molecule is CCC(Nc1ccc(C)cc1)/C(C)=C/C=C/C=C/CCC(C)C(=O)C[C@H](O)/C(C)=C/CCCCCC[C@@H]1CCC[C@H](OC)C1. The van der Waals surface area contributed by atoms with Crippen LogP contribution in [0.5, 0.6) is 0 Å². The van der Waals surface area contributed by atoms with Gasteiger partial charge in [-0.3, -0.25) is 4.79 Å². The van der Waals surface area contributed by atoms with Crippen molar-refractivity contribution < 1.29 is 14.6 Å². The van der Waals surface area contributed by atoms with E-state index in [-0.39, 0.29) is 18.1 Å². The van der Waals surface area contributed by atoms with Crippen molar-refractivity contribution in [2.24, 2.45) is 11.8 Å². The Morgan fingerprint density at radius 3 is 2.50 bits per heavy atom. The van der Waals surface area contributed by atoms with Crippen LogP contribution < -0.4 is 5.32 Å². The Bertz CT molecular complexity index is 1050. The summed E-state index contributed by atoms with van der Waals surface area (Å²) in [5, 5.41) is 14.2. The van der Waals surface area contributed by atoms with Crippen LogP contribution in [0.3, 0.4) is 0 Å². The molecule has 0 saturated heterocycles. The summed E-state index contributed by atoms with van der Waals surface area (Å²) >= 11 is 0. The smallest absolute Gasteiger partial charge is 0.138 e. The Balaban J connectivity index is 1.59. The van der Waals surface area contributed by atoms with Gasteiger partial charge >= 0.3 is 0 Å². The van der Waals surface area contributed by atoms with Crippen LogP contribution in [0.25, 0.3) is 0 Å². The number of carbonyl (C=O) groups is 1. The summed E-state index contributed by atoms with van der Waals surface area (Å²) in [4.78, 5) is 12.7. The zero-order valence-corrected chi connectivity index (χ0v) is 28.8. The molecule has 2 rings (SSSR count). The van der Waals surface area contributed by atoms with Crippen LogP contribution in [-0.2, 0) is 9.53 Å². The Labute approximate surface area is 270 Å². The maximum atomic E-state index is 12.7. The first kappa shape index (κ1) is 37.8. The molecule has 0 aromatic heterocycles. The molecule has 4 nitrogen and oxygen atoms in total. The third kappa shape index (κ3) is 15.5. The van der Waals surface area contributed by atoms with Crippen LogP contribution in [0.15, 0.2) is 71.9 Å². The van der Waals surface area contributed by atoms with Gasteiger partial charge in [-0.2, -0.15) is 0 Å². The summed E-state index contributed by atoms with van der Waals surface area (Å²) in [5.74, 6) is 0.954. The van der Waals surface area contributed by atoms with Gasteiger partial charge in [-0.1, -0.05) is 112 Å². The van der Waals surface area contributed by atoms with E-state index in [4.69, 9.17) is 4.74 Å². The third-order valence-corrected chi connectivity index (χ3v) is 9.40. The Kier molecular flexibility index (Phi) is 19.0. The maximum absolute atomic E-state index is 12.7. The van der Waals surface area contributed by atoms with Gasteiger partial charge < -0.3 is 15.2 Å². The van der Waals surface area contributed by atoms with Crippen LogP contribution >= 0.6 is 0 Å². The topological polar surface area (TPSA) is 58.6 Å². The van der Waals surface area contributed by atoms with Crippen molar-refractivity contribution in [1.29, 1.82) is 0 Å². The fraction of sp³-hybridized carbons (Fsp3) is 0.625. The number of hydrogen-bond acceptors (Lipinski definition) is 4. The standard InChI is InChI=1S/C40H63NO3/c1-7-38(41-36-27-25-31(2)26-28-36)32(3)19-14-10-8-11-15-20-33(4)39(42)30-40(43)34(5)21-16-12-9-13-17-22-35-23-18-24-37(29-35)44-6/h8,10-11,14,19,21,25-28,33,35,37-38,40-41,43H,7,9,12-13,15-18,20,22-24,29-30H2,1-6H3/b11-8+,14-10+,32-19+,34-21+/t33?,35-,37+,38?,40+/m1/s1. The van der Waals surface area contributed by atoms with Gasteiger partial charge in [0.05, 0.1) is 12.2 Å². The van der Waals surface area contributed by atoms with E-state index in [9.17, 15) is 9.90 Å². The number of ether oxygens (including phenoxy) is 1. The van der Waals surface area contributed by atoms with Gasteiger partial charge in [0.25, 0.3) is 0 Å². The molecule has 1 fully saturated rings. The molecule has 0 heterocycles. The molecular formula is C40H63NO3. The van der Waals surface area contributed by atoms with Crippen LogP contribution in [0.4, 0.5) is 5.69 Å². The molecule has 0 spiro atoms. The predicted molar refractivity (Wildman–Crippen MR) is 189 cm³/mol. The van der Waals surface area contributed by atoms with Gasteiger partial charge in [-0.05, 0) is 89.3 Å². The molecule has 2 N–H and O–H groups in total. The summed E-state index contributed by atoms with van der Waals surface area (Å²) in [6, 6.07) is 8.83. The number of ketones is 1. The van der Waals surface area contributed by atoms with Gasteiger partial charge in [0.1, 0.15) is 5.78 Å². The number of aliphatic hydroxyl groups excluding tert-OH is 1. The molecule has 1 saturated carbocycles. The summed E-state index contributed by atoms with van der Waals surface area (Å²) < 4.78 is 5.57. The zero-order valence-electron chi connectivity index (χ0n) is 28.8. The lowest BCUT2D eigenvalue weighted by Gasteiger charge is -2.28. The number of unbranched alkanes of at least 4 members (excludes halogenated alkanes) is 4. The first-order valence-electron chi connectivity index (χ1n) is 17.5. The summed E-state index contributed by atoms with van der Waals surface area (Å²) in [7, 11) is 1.85. The average molecular weight is 606 g/mol. The number of methoxy groups -OCH3 is 1. The number of aryl methyl sites for hydroxylation is 1. The molecule has 44 heavy (non-hydrogen) atoms. The monoisotopic (exact) mass is 605 g/mol. The van der Waals surface area contributed by atoms with Crippen molar-refractivity contribution in [3.05, 3.63) is 77.4 Å². The minimum absolute atomic E-state index is 0.0466. The van der Waals surface area contributed by atoms with Crippen molar-refractivity contribution in [2.75, 3.05) is 12.4 Å². The highest BCUT2D eigenvalue weighted by molar-refractivity contribution is 5.81. The maximum Gasteiger partial charge on any atom is 0.138 e. The molecule has 0 bridgehead atoms. The summed E-state index contributed by atoms with van der Waals surface area (Å²) in [5.41, 5.74) is 4.65. The lowest BCUT2D eigenvalue weighted by atomic mass is 9.84. The average Bonchev–Trinajstić information content (AvgIpc) is 3.03. The number of carbonyl (C=O) groups excluding carboxylic acids is 1. The van der Waals surface area contributed by atoms with Crippen LogP contribution in [-0.4, -0.2) is 36.2 Å². The van der Waals surface area contributed by atoms with E-state index in [1.165, 1.54) is 62.5 Å². The van der Waals surface area contributed by atoms with Crippen LogP contribution in [0, 0.1) is 18.8 Å². The molecule has 4 heteroatoms. The van der Waals surface area contributed by atoms with Crippen molar-refractivity contribution in [3.8, 4) is 0 Å². The van der Waals surface area contributed by atoms with Crippen LogP contribution in [0.1, 0.15) is 123 Å². The largest absolute Gasteiger partial charge is 0.388 e. The molecule has 0 amide bonds. The number of benzene rings is 1. The molecule has 1 aliphatic rings. The molecule has 1 aromatic rings. The Hall–Kier alpha value is -2.43. The van der Waals surface area contributed by atoms with Gasteiger partial charge in [0.15, 0.2) is 0 Å². The van der Waals surface area contributed by atoms with Gasteiger partial charge in [0, 0.05) is 31.2 Å². The lowest BCUT2D eigenvalue weighted by molar-refractivity contribution is -0.124. The first-order chi connectivity index (χ1) is 21.2. The number of nitrogens with one attached hydrogen (secondary N) is 1. The highest BCUT2D eigenvalue weighted by atomic mass is 16.5. The summed E-state index contributed by atoms with van der Waals surface area (Å²) in [6.07, 6.45) is 27.8. The van der Waals surface area contributed by atoms with Crippen molar-refractivity contribution in [2.45, 2.75) is 143 Å². The highest BCUT2D eigenvalue weighted by Gasteiger charge is 2.21. The number of rotatable bonds is 21. The zero-order chi connectivity index (χ0) is 32.2. The summed E-state index contributed by atoms with van der Waals surface area (Å²) in [6.45, 7) is 10.4. The van der Waals surface area contributed by atoms with E-state index >= 15 is 0 Å². The minimum atomic E-state index is -0.661. The number of allylic oxidation sites excluding steroid dienone is 6. The number of Topliss-reactive ketones (excluding diaryl/α,β-unsaturated/α-hetero) is 1.